The maximum atomic E-state index is 12.5. The van der Waals surface area contributed by atoms with Crippen LogP contribution in [0.1, 0.15) is 24.4 Å². The molecule has 4 rings (SSSR count). The number of nitro benzene ring substituents is 1. The minimum Gasteiger partial charge on any atom is -0.363 e. The van der Waals surface area contributed by atoms with Crippen LogP contribution in [-0.2, 0) is 0 Å². The van der Waals surface area contributed by atoms with Crippen molar-refractivity contribution in [1.82, 2.24) is 9.88 Å². The zero-order valence-corrected chi connectivity index (χ0v) is 13.6. The summed E-state index contributed by atoms with van der Waals surface area (Å²) in [6.07, 6.45) is 4.09. The number of aryl methyl sites for hydroxylation is 1. The highest BCUT2D eigenvalue weighted by atomic mass is 16.6. The number of aromatic nitrogens is 1. The second-order valence-electron chi connectivity index (χ2n) is 6.63. The monoisotopic (exact) mass is 328 g/mol. The lowest BCUT2D eigenvalue weighted by molar-refractivity contribution is -0.384. The molecule has 126 valence electrons. The third kappa shape index (κ3) is 2.45. The van der Waals surface area contributed by atoms with E-state index in [4.69, 9.17) is 0 Å². The van der Waals surface area contributed by atoms with Gasteiger partial charge in [-0.05, 0) is 25.8 Å². The second kappa shape index (κ2) is 5.59. The average molecular weight is 328 g/mol. The van der Waals surface area contributed by atoms with Gasteiger partial charge >= 0.3 is 0 Å². The van der Waals surface area contributed by atoms with E-state index in [0.717, 1.165) is 44.5 Å². The van der Waals surface area contributed by atoms with Crippen molar-refractivity contribution in [1.29, 1.82) is 0 Å². The number of nitrogens with one attached hydrogen (secondary N) is 1. The molecule has 1 aliphatic carbocycles. The minimum atomic E-state index is -0.375. The number of rotatable bonds is 3. The molecule has 1 aromatic heterocycles. The highest BCUT2D eigenvalue weighted by molar-refractivity contribution is 5.88. The summed E-state index contributed by atoms with van der Waals surface area (Å²) in [7, 11) is 0. The molecule has 2 fully saturated rings. The minimum absolute atomic E-state index is 0.0226. The molecule has 24 heavy (non-hydrogen) atoms. The third-order valence-electron chi connectivity index (χ3n) is 4.90. The first-order chi connectivity index (χ1) is 11.6. The number of benzene rings is 1. The third-order valence-corrected chi connectivity index (χ3v) is 4.90. The van der Waals surface area contributed by atoms with Crippen LogP contribution in [0.25, 0.3) is 10.9 Å². The summed E-state index contributed by atoms with van der Waals surface area (Å²) in [5.41, 5.74) is 1.98. The lowest BCUT2D eigenvalue weighted by atomic mass is 10.1. The van der Waals surface area contributed by atoms with Gasteiger partial charge in [-0.2, -0.15) is 0 Å². The van der Waals surface area contributed by atoms with Crippen LogP contribution in [0.4, 0.5) is 11.4 Å². The molecule has 0 spiro atoms. The fourth-order valence-electron chi connectivity index (χ4n) is 3.47. The Hall–Kier alpha value is -2.41. The Bertz CT molecular complexity index is 880. The highest BCUT2D eigenvalue weighted by Gasteiger charge is 2.28. The van der Waals surface area contributed by atoms with Crippen LogP contribution in [-0.4, -0.2) is 35.7 Å². The summed E-state index contributed by atoms with van der Waals surface area (Å²) in [4.78, 5) is 25.8. The van der Waals surface area contributed by atoms with Crippen molar-refractivity contribution in [2.75, 3.05) is 31.1 Å². The molecule has 1 saturated heterocycles. The van der Waals surface area contributed by atoms with Gasteiger partial charge in [0.15, 0.2) is 5.43 Å². The Labute approximate surface area is 139 Å². The zero-order valence-electron chi connectivity index (χ0n) is 13.6. The van der Waals surface area contributed by atoms with Crippen molar-refractivity contribution in [2.24, 2.45) is 0 Å². The summed E-state index contributed by atoms with van der Waals surface area (Å²) >= 11 is 0. The molecule has 0 radical (unpaired) electrons. The van der Waals surface area contributed by atoms with Crippen molar-refractivity contribution in [3.05, 3.63) is 44.2 Å². The Balaban J connectivity index is 1.99. The highest BCUT2D eigenvalue weighted by Crippen LogP contribution is 2.39. The van der Waals surface area contributed by atoms with Gasteiger partial charge in [0.2, 0.25) is 0 Å². The standard InChI is InChI=1S/C17H20N4O3/c1-11-10-20(12-2-3-12)14-9-15(19-6-4-18-5-7-19)16(21(23)24)8-13(14)17(11)22/h8-10,12,18H,2-7H2,1H3. The fourth-order valence-corrected chi connectivity index (χ4v) is 3.47. The van der Waals surface area contributed by atoms with Crippen molar-refractivity contribution >= 4 is 22.3 Å². The largest absolute Gasteiger partial charge is 0.363 e. The van der Waals surface area contributed by atoms with Crippen LogP contribution in [0.15, 0.2) is 23.1 Å². The Morgan fingerprint density at radius 2 is 1.96 bits per heavy atom. The lowest BCUT2D eigenvalue weighted by Gasteiger charge is -2.29. The first-order valence-electron chi connectivity index (χ1n) is 8.36. The van der Waals surface area contributed by atoms with Gasteiger partial charge < -0.3 is 14.8 Å². The van der Waals surface area contributed by atoms with Gasteiger partial charge in [-0.25, -0.2) is 0 Å². The molecule has 2 aromatic rings. The van der Waals surface area contributed by atoms with E-state index in [2.05, 4.69) is 9.88 Å². The molecule has 0 amide bonds. The number of nitro groups is 1. The molecule has 0 unspecified atom stereocenters. The molecule has 1 N–H and O–H groups in total. The average Bonchev–Trinajstić information content (AvgIpc) is 3.42. The van der Waals surface area contributed by atoms with Gasteiger partial charge in [0, 0.05) is 50.0 Å². The van der Waals surface area contributed by atoms with Gasteiger partial charge in [0.05, 0.1) is 15.8 Å². The molecular formula is C17H20N4O3. The van der Waals surface area contributed by atoms with Crippen molar-refractivity contribution in [3.63, 3.8) is 0 Å². The second-order valence-corrected chi connectivity index (χ2v) is 6.63. The number of piperazine rings is 1. The lowest BCUT2D eigenvalue weighted by Crippen LogP contribution is -2.43. The van der Waals surface area contributed by atoms with E-state index >= 15 is 0 Å². The van der Waals surface area contributed by atoms with Crippen LogP contribution < -0.4 is 15.6 Å². The van der Waals surface area contributed by atoms with Gasteiger partial charge in [0.25, 0.3) is 5.69 Å². The molecule has 2 heterocycles. The predicted octanol–water partition coefficient (Wildman–Crippen LogP) is 1.96. The zero-order chi connectivity index (χ0) is 16.8. The first kappa shape index (κ1) is 15.1. The molecule has 7 nitrogen and oxygen atoms in total. The van der Waals surface area contributed by atoms with Crippen LogP contribution >= 0.6 is 0 Å². The molecule has 7 heteroatoms. The normalized spacial score (nSPS) is 18.1. The van der Waals surface area contributed by atoms with Gasteiger partial charge in [-0.1, -0.05) is 0 Å². The quantitative estimate of drug-likeness (QED) is 0.688. The Kier molecular flexibility index (Phi) is 3.53. The molecule has 0 bridgehead atoms. The number of pyridine rings is 1. The number of anilines is 1. The van der Waals surface area contributed by atoms with E-state index in [1.807, 2.05) is 17.2 Å². The van der Waals surface area contributed by atoms with E-state index in [1.165, 1.54) is 6.07 Å². The Morgan fingerprint density at radius 3 is 2.58 bits per heavy atom. The SMILES string of the molecule is Cc1cn(C2CC2)c2cc(N3CCNCC3)c([N+](=O)[O-])cc2c1=O. The predicted molar refractivity (Wildman–Crippen MR) is 93.0 cm³/mol. The maximum absolute atomic E-state index is 12.5. The molecule has 2 aliphatic rings. The van der Waals surface area contributed by atoms with Crippen molar-refractivity contribution < 1.29 is 4.92 Å². The summed E-state index contributed by atoms with van der Waals surface area (Å²) in [6.45, 7) is 4.84. The Morgan fingerprint density at radius 1 is 1.25 bits per heavy atom. The summed E-state index contributed by atoms with van der Waals surface area (Å²) < 4.78 is 2.13. The maximum Gasteiger partial charge on any atom is 0.293 e. The van der Waals surface area contributed by atoms with Crippen LogP contribution in [0.3, 0.4) is 0 Å². The number of nitrogens with zero attached hydrogens (tertiary/aromatic N) is 3. The summed E-state index contributed by atoms with van der Waals surface area (Å²) in [5.74, 6) is 0. The molecule has 1 saturated carbocycles. The van der Waals surface area contributed by atoms with E-state index in [9.17, 15) is 14.9 Å². The molecule has 0 atom stereocenters. The number of hydrogen-bond acceptors (Lipinski definition) is 5. The van der Waals surface area contributed by atoms with Crippen molar-refractivity contribution in [2.45, 2.75) is 25.8 Å². The van der Waals surface area contributed by atoms with E-state index in [1.54, 1.807) is 6.92 Å². The molecule has 1 aliphatic heterocycles. The molecule has 1 aromatic carbocycles. The summed E-state index contributed by atoms with van der Waals surface area (Å²) in [5, 5.41) is 15.3. The van der Waals surface area contributed by atoms with Crippen LogP contribution in [0.2, 0.25) is 0 Å². The van der Waals surface area contributed by atoms with Crippen LogP contribution in [0.5, 0.6) is 0 Å². The molecular weight excluding hydrogens is 308 g/mol. The smallest absolute Gasteiger partial charge is 0.293 e. The number of hydrogen-bond donors (Lipinski definition) is 1. The van der Waals surface area contributed by atoms with Crippen LogP contribution in [0, 0.1) is 17.0 Å². The van der Waals surface area contributed by atoms with E-state index in [-0.39, 0.29) is 16.0 Å². The van der Waals surface area contributed by atoms with Gasteiger partial charge in [-0.15, -0.1) is 0 Å². The first-order valence-corrected chi connectivity index (χ1v) is 8.36. The van der Waals surface area contributed by atoms with E-state index < -0.39 is 0 Å². The van der Waals surface area contributed by atoms with Gasteiger partial charge in [0.1, 0.15) is 5.69 Å². The van der Waals surface area contributed by atoms with Gasteiger partial charge in [-0.3, -0.25) is 14.9 Å². The summed E-state index contributed by atoms with van der Waals surface area (Å²) in [6, 6.07) is 3.72. The van der Waals surface area contributed by atoms with E-state index in [0.29, 0.717) is 22.7 Å². The number of fused-ring (bicyclic) bond motifs is 1. The fraction of sp³-hybridized carbons (Fsp3) is 0.471. The topological polar surface area (TPSA) is 80.4 Å². The van der Waals surface area contributed by atoms with Crippen molar-refractivity contribution in [3.8, 4) is 0 Å².